The minimum absolute atomic E-state index is 0.217. The number of hydrogen-bond donors (Lipinski definition) is 2. The number of halogens is 3. The van der Waals surface area contributed by atoms with Gasteiger partial charge in [-0.1, -0.05) is 18.2 Å². The molecule has 0 aliphatic carbocycles. The molecule has 0 radical (unpaired) electrons. The minimum atomic E-state index is -4.20. The van der Waals surface area contributed by atoms with Crippen LogP contribution < -0.4 is 10.6 Å². The fourth-order valence-corrected chi connectivity index (χ4v) is 2.11. The Balaban J connectivity index is 2.04. The Labute approximate surface area is 132 Å². The van der Waals surface area contributed by atoms with Gasteiger partial charge in [0, 0.05) is 11.9 Å². The first-order chi connectivity index (χ1) is 10.9. The summed E-state index contributed by atoms with van der Waals surface area (Å²) in [5.41, 5.74) is 0.773. The Hall–Kier alpha value is -2.18. The molecule has 23 heavy (non-hydrogen) atoms. The van der Waals surface area contributed by atoms with Gasteiger partial charge in [-0.3, -0.25) is 4.99 Å². The van der Waals surface area contributed by atoms with E-state index in [1.807, 2.05) is 44.2 Å². The summed E-state index contributed by atoms with van der Waals surface area (Å²) in [5.74, 6) is 1.04. The smallest absolute Gasteiger partial charge is 0.390 e. The molecular weight excluding hydrogens is 307 g/mol. The molecular formula is C16H20F3N3O. The van der Waals surface area contributed by atoms with Crippen LogP contribution >= 0.6 is 0 Å². The van der Waals surface area contributed by atoms with Crippen LogP contribution in [-0.2, 0) is 0 Å². The summed E-state index contributed by atoms with van der Waals surface area (Å²) in [6, 6.07) is 9.31. The highest BCUT2D eigenvalue weighted by molar-refractivity contribution is 5.81. The largest absolute Gasteiger partial charge is 0.459 e. The zero-order valence-electron chi connectivity index (χ0n) is 13.1. The minimum Gasteiger partial charge on any atom is -0.459 e. The number of guanidine groups is 1. The molecule has 0 amide bonds. The standard InChI is InChI=1S/C16H20F3N3O/c1-3-20-15(21-9-8-16(17,18)19)22-11(2)14-10-12-6-4-5-7-13(12)23-14/h4-7,10-11H,3,8-9H2,1-2H3,(H2,20,21,22). The monoisotopic (exact) mass is 327 g/mol. The van der Waals surface area contributed by atoms with Crippen molar-refractivity contribution < 1.29 is 17.6 Å². The van der Waals surface area contributed by atoms with Crippen LogP contribution in [0.15, 0.2) is 39.7 Å². The quantitative estimate of drug-likeness (QED) is 0.644. The van der Waals surface area contributed by atoms with Crippen molar-refractivity contribution in [3.63, 3.8) is 0 Å². The maximum Gasteiger partial charge on any atom is 0.390 e. The maximum atomic E-state index is 12.2. The van der Waals surface area contributed by atoms with Crippen molar-refractivity contribution in [1.82, 2.24) is 10.6 Å². The van der Waals surface area contributed by atoms with Gasteiger partial charge in [-0.05, 0) is 26.0 Å². The lowest BCUT2D eigenvalue weighted by Gasteiger charge is -2.16. The Kier molecular flexibility index (Phi) is 5.52. The normalized spacial score (nSPS) is 14.0. The summed E-state index contributed by atoms with van der Waals surface area (Å²) < 4.78 is 42.4. The number of benzene rings is 1. The van der Waals surface area contributed by atoms with Crippen LogP contribution in [0.25, 0.3) is 11.0 Å². The molecule has 1 unspecified atom stereocenters. The van der Waals surface area contributed by atoms with Gasteiger partial charge < -0.3 is 15.1 Å². The van der Waals surface area contributed by atoms with Crippen LogP contribution in [0.3, 0.4) is 0 Å². The van der Waals surface area contributed by atoms with Crippen LogP contribution in [-0.4, -0.2) is 25.2 Å². The molecule has 0 aliphatic rings. The lowest BCUT2D eigenvalue weighted by molar-refractivity contribution is -0.132. The summed E-state index contributed by atoms with van der Waals surface area (Å²) in [7, 11) is 0. The van der Waals surface area contributed by atoms with Gasteiger partial charge in [-0.2, -0.15) is 13.2 Å². The molecule has 1 atom stereocenters. The summed E-state index contributed by atoms with van der Waals surface area (Å²) in [5, 5.41) is 6.97. The zero-order valence-corrected chi connectivity index (χ0v) is 13.1. The van der Waals surface area contributed by atoms with Crippen molar-refractivity contribution in [3.05, 3.63) is 36.1 Å². The first kappa shape index (κ1) is 17.2. The lowest BCUT2D eigenvalue weighted by atomic mass is 10.2. The second-order valence-corrected chi connectivity index (χ2v) is 5.18. The van der Waals surface area contributed by atoms with E-state index < -0.39 is 12.6 Å². The van der Waals surface area contributed by atoms with Crippen molar-refractivity contribution in [2.45, 2.75) is 32.5 Å². The van der Waals surface area contributed by atoms with E-state index in [0.717, 1.165) is 11.0 Å². The fraction of sp³-hybridized carbons (Fsp3) is 0.438. The van der Waals surface area contributed by atoms with Crippen molar-refractivity contribution in [2.24, 2.45) is 4.99 Å². The van der Waals surface area contributed by atoms with E-state index >= 15 is 0 Å². The zero-order chi connectivity index (χ0) is 16.9. The third-order valence-electron chi connectivity index (χ3n) is 3.23. The van der Waals surface area contributed by atoms with Gasteiger partial charge in [-0.15, -0.1) is 0 Å². The van der Waals surface area contributed by atoms with Crippen molar-refractivity contribution in [1.29, 1.82) is 0 Å². The van der Waals surface area contributed by atoms with Gasteiger partial charge in [-0.25, -0.2) is 0 Å². The molecule has 7 heteroatoms. The number of rotatable bonds is 5. The van der Waals surface area contributed by atoms with E-state index in [1.165, 1.54) is 0 Å². The Morgan fingerprint density at radius 3 is 2.70 bits per heavy atom. The third-order valence-corrected chi connectivity index (χ3v) is 3.23. The number of nitrogens with zero attached hydrogens (tertiary/aromatic N) is 1. The Bertz CT molecular complexity index is 631. The van der Waals surface area contributed by atoms with E-state index in [0.29, 0.717) is 18.3 Å². The SMILES string of the molecule is CCNC(=NCCC(F)(F)F)NC(C)c1cc2ccccc2o1. The molecule has 0 fully saturated rings. The molecule has 1 heterocycles. The van der Waals surface area contributed by atoms with E-state index in [1.54, 1.807) is 0 Å². The maximum absolute atomic E-state index is 12.2. The summed E-state index contributed by atoms with van der Waals surface area (Å²) in [6.45, 7) is 3.97. The number of alkyl halides is 3. The molecule has 2 rings (SSSR count). The predicted molar refractivity (Wildman–Crippen MR) is 84.4 cm³/mol. The third kappa shape index (κ3) is 5.19. The number of hydrogen-bond acceptors (Lipinski definition) is 2. The van der Waals surface area contributed by atoms with E-state index in [4.69, 9.17) is 4.42 Å². The van der Waals surface area contributed by atoms with Gasteiger partial charge >= 0.3 is 6.18 Å². The second kappa shape index (κ2) is 7.39. The summed E-state index contributed by atoms with van der Waals surface area (Å²) in [6.07, 6.45) is -5.15. The summed E-state index contributed by atoms with van der Waals surface area (Å²) >= 11 is 0. The van der Waals surface area contributed by atoms with Crippen LogP contribution in [0, 0.1) is 0 Å². The Morgan fingerprint density at radius 1 is 1.30 bits per heavy atom. The Morgan fingerprint density at radius 2 is 2.04 bits per heavy atom. The van der Waals surface area contributed by atoms with Gasteiger partial charge in [0.15, 0.2) is 5.96 Å². The first-order valence-electron chi connectivity index (χ1n) is 7.49. The van der Waals surface area contributed by atoms with Crippen molar-refractivity contribution >= 4 is 16.9 Å². The van der Waals surface area contributed by atoms with Crippen LogP contribution in [0.5, 0.6) is 0 Å². The molecule has 0 spiro atoms. The molecule has 4 nitrogen and oxygen atoms in total. The van der Waals surface area contributed by atoms with Crippen LogP contribution in [0.2, 0.25) is 0 Å². The highest BCUT2D eigenvalue weighted by Crippen LogP contribution is 2.23. The molecule has 0 saturated heterocycles. The van der Waals surface area contributed by atoms with Crippen LogP contribution in [0.4, 0.5) is 13.2 Å². The number of nitrogens with one attached hydrogen (secondary N) is 2. The van der Waals surface area contributed by atoms with Crippen LogP contribution in [0.1, 0.15) is 32.1 Å². The average molecular weight is 327 g/mol. The molecule has 1 aromatic heterocycles. The number of furan rings is 1. The van der Waals surface area contributed by atoms with E-state index in [9.17, 15) is 13.2 Å². The summed E-state index contributed by atoms with van der Waals surface area (Å²) in [4.78, 5) is 3.95. The van der Waals surface area contributed by atoms with Gasteiger partial charge in [0.25, 0.3) is 0 Å². The molecule has 2 N–H and O–H groups in total. The van der Waals surface area contributed by atoms with Crippen molar-refractivity contribution in [3.8, 4) is 0 Å². The number of aliphatic imine (C=N–C) groups is 1. The highest BCUT2D eigenvalue weighted by atomic mass is 19.4. The predicted octanol–water partition coefficient (Wildman–Crippen LogP) is 4.00. The average Bonchev–Trinajstić information content (AvgIpc) is 2.90. The molecule has 126 valence electrons. The molecule has 0 aliphatic heterocycles. The number of para-hydroxylation sites is 1. The van der Waals surface area contributed by atoms with Gasteiger partial charge in [0.1, 0.15) is 11.3 Å². The molecule has 0 saturated carbocycles. The molecule has 1 aromatic carbocycles. The highest BCUT2D eigenvalue weighted by Gasteiger charge is 2.26. The van der Waals surface area contributed by atoms with E-state index in [2.05, 4.69) is 15.6 Å². The van der Waals surface area contributed by atoms with Crippen molar-refractivity contribution in [2.75, 3.05) is 13.1 Å². The molecule has 2 aromatic rings. The first-order valence-corrected chi connectivity index (χ1v) is 7.49. The molecule has 0 bridgehead atoms. The second-order valence-electron chi connectivity index (χ2n) is 5.18. The lowest BCUT2D eigenvalue weighted by Crippen LogP contribution is -2.38. The van der Waals surface area contributed by atoms with E-state index in [-0.39, 0.29) is 12.6 Å². The van der Waals surface area contributed by atoms with Gasteiger partial charge in [0.05, 0.1) is 19.0 Å². The van der Waals surface area contributed by atoms with Gasteiger partial charge in [0.2, 0.25) is 0 Å². The number of fused-ring (bicyclic) bond motifs is 1. The fourth-order valence-electron chi connectivity index (χ4n) is 2.11. The topological polar surface area (TPSA) is 49.6 Å².